The number of benzene rings is 2. The highest BCUT2D eigenvalue weighted by molar-refractivity contribution is 6.30. The monoisotopic (exact) mass is 341 g/mol. The first-order chi connectivity index (χ1) is 11.7. The third kappa shape index (κ3) is 4.18. The van der Waals surface area contributed by atoms with Crippen LogP contribution in [0.3, 0.4) is 0 Å². The van der Waals surface area contributed by atoms with Crippen molar-refractivity contribution in [1.82, 2.24) is 5.32 Å². The number of para-hydroxylation sites is 1. The van der Waals surface area contributed by atoms with E-state index in [4.69, 9.17) is 20.8 Å². The maximum absolute atomic E-state index is 12.4. The molecule has 0 spiro atoms. The minimum absolute atomic E-state index is 0.210. The van der Waals surface area contributed by atoms with Crippen molar-refractivity contribution in [3.63, 3.8) is 0 Å². The highest BCUT2D eigenvalue weighted by atomic mass is 35.5. The van der Waals surface area contributed by atoms with Gasteiger partial charge in [0.15, 0.2) is 0 Å². The Morgan fingerprint density at radius 2 is 1.83 bits per heavy atom. The molecule has 0 bridgehead atoms. The molecule has 2 aromatic carbocycles. The number of hydrogen-bond donors (Lipinski definition) is 1. The lowest BCUT2D eigenvalue weighted by Gasteiger charge is -2.11. The number of rotatable bonds is 6. The fraction of sp³-hybridized carbons (Fsp3) is 0.105. The van der Waals surface area contributed by atoms with Crippen molar-refractivity contribution in [3.05, 3.63) is 88.8 Å². The SMILES string of the molecule is O=C(NCc1ccco1)c1ccccc1OCc1ccc(Cl)cc1. The first-order valence-electron chi connectivity index (χ1n) is 7.49. The summed E-state index contributed by atoms with van der Waals surface area (Å²) in [7, 11) is 0. The largest absolute Gasteiger partial charge is 0.488 e. The number of furan rings is 1. The van der Waals surface area contributed by atoms with E-state index in [2.05, 4.69) is 5.32 Å². The maximum atomic E-state index is 12.4. The van der Waals surface area contributed by atoms with Crippen LogP contribution >= 0.6 is 11.6 Å². The smallest absolute Gasteiger partial charge is 0.255 e. The van der Waals surface area contributed by atoms with Gasteiger partial charge in [-0.2, -0.15) is 0 Å². The molecular formula is C19H16ClNO3. The summed E-state index contributed by atoms with van der Waals surface area (Å²) >= 11 is 5.87. The van der Waals surface area contributed by atoms with E-state index in [9.17, 15) is 4.79 Å². The summed E-state index contributed by atoms with van der Waals surface area (Å²) in [5, 5.41) is 3.49. The van der Waals surface area contributed by atoms with Gasteiger partial charge in [0.2, 0.25) is 0 Å². The lowest BCUT2D eigenvalue weighted by atomic mass is 10.2. The molecule has 3 aromatic rings. The Morgan fingerprint density at radius 3 is 2.58 bits per heavy atom. The molecule has 0 saturated heterocycles. The minimum Gasteiger partial charge on any atom is -0.488 e. The van der Waals surface area contributed by atoms with Gasteiger partial charge in [-0.25, -0.2) is 0 Å². The molecule has 0 fully saturated rings. The second kappa shape index (κ2) is 7.70. The molecular weight excluding hydrogens is 326 g/mol. The van der Waals surface area contributed by atoms with Crippen molar-refractivity contribution in [2.75, 3.05) is 0 Å². The molecule has 24 heavy (non-hydrogen) atoms. The maximum Gasteiger partial charge on any atom is 0.255 e. The lowest BCUT2D eigenvalue weighted by Crippen LogP contribution is -2.23. The van der Waals surface area contributed by atoms with Gasteiger partial charge < -0.3 is 14.5 Å². The average molecular weight is 342 g/mol. The third-order valence-electron chi connectivity index (χ3n) is 3.44. The second-order valence-corrected chi connectivity index (χ2v) is 5.61. The Hall–Kier alpha value is -2.72. The first-order valence-corrected chi connectivity index (χ1v) is 7.87. The van der Waals surface area contributed by atoms with Gasteiger partial charge in [0.05, 0.1) is 18.4 Å². The van der Waals surface area contributed by atoms with Gasteiger partial charge in [-0.1, -0.05) is 35.9 Å². The van der Waals surface area contributed by atoms with Crippen LogP contribution in [0.1, 0.15) is 21.7 Å². The molecule has 5 heteroatoms. The van der Waals surface area contributed by atoms with Crippen LogP contribution in [-0.2, 0) is 13.2 Å². The molecule has 1 heterocycles. The lowest BCUT2D eigenvalue weighted by molar-refractivity contribution is 0.0943. The fourth-order valence-electron chi connectivity index (χ4n) is 2.20. The zero-order valence-corrected chi connectivity index (χ0v) is 13.6. The van der Waals surface area contributed by atoms with Gasteiger partial charge in [-0.05, 0) is 42.0 Å². The van der Waals surface area contributed by atoms with Crippen LogP contribution in [0.15, 0.2) is 71.3 Å². The molecule has 0 aliphatic carbocycles. The molecule has 3 rings (SSSR count). The number of carbonyl (C=O) groups is 1. The molecule has 1 amide bonds. The Bertz CT molecular complexity index is 798. The van der Waals surface area contributed by atoms with E-state index in [1.807, 2.05) is 36.4 Å². The molecule has 0 saturated carbocycles. The normalized spacial score (nSPS) is 10.4. The molecule has 0 aliphatic heterocycles. The average Bonchev–Trinajstić information content (AvgIpc) is 3.13. The summed E-state index contributed by atoms with van der Waals surface area (Å²) < 4.78 is 11.0. The van der Waals surface area contributed by atoms with Gasteiger partial charge in [0, 0.05) is 5.02 Å². The van der Waals surface area contributed by atoms with Gasteiger partial charge in [0.1, 0.15) is 18.1 Å². The molecule has 1 aromatic heterocycles. The second-order valence-electron chi connectivity index (χ2n) is 5.17. The highest BCUT2D eigenvalue weighted by Crippen LogP contribution is 2.20. The van der Waals surface area contributed by atoms with E-state index in [0.717, 1.165) is 5.56 Å². The Balaban J connectivity index is 1.65. The standard InChI is InChI=1S/C19H16ClNO3/c20-15-9-7-14(8-10-15)13-24-18-6-2-1-5-17(18)19(22)21-12-16-4-3-11-23-16/h1-11H,12-13H2,(H,21,22). The quantitative estimate of drug-likeness (QED) is 0.721. The number of amides is 1. The van der Waals surface area contributed by atoms with Crippen LogP contribution in [0.2, 0.25) is 5.02 Å². The van der Waals surface area contributed by atoms with E-state index in [-0.39, 0.29) is 5.91 Å². The number of nitrogens with one attached hydrogen (secondary N) is 1. The molecule has 1 N–H and O–H groups in total. The van der Waals surface area contributed by atoms with E-state index in [0.29, 0.717) is 35.2 Å². The summed E-state index contributed by atoms with van der Waals surface area (Å²) in [4.78, 5) is 12.4. The van der Waals surface area contributed by atoms with E-state index >= 15 is 0 Å². The summed E-state index contributed by atoms with van der Waals surface area (Å²) in [6.45, 7) is 0.691. The molecule has 0 radical (unpaired) electrons. The number of carbonyl (C=O) groups excluding carboxylic acids is 1. The van der Waals surface area contributed by atoms with E-state index < -0.39 is 0 Å². The van der Waals surface area contributed by atoms with Gasteiger partial charge in [0.25, 0.3) is 5.91 Å². The molecule has 0 atom stereocenters. The van der Waals surface area contributed by atoms with Gasteiger partial charge in [-0.3, -0.25) is 4.79 Å². The Morgan fingerprint density at radius 1 is 1.04 bits per heavy atom. The van der Waals surface area contributed by atoms with Crippen molar-refractivity contribution >= 4 is 17.5 Å². The highest BCUT2D eigenvalue weighted by Gasteiger charge is 2.12. The topological polar surface area (TPSA) is 51.5 Å². The van der Waals surface area contributed by atoms with Crippen molar-refractivity contribution in [2.45, 2.75) is 13.2 Å². The van der Waals surface area contributed by atoms with Crippen LogP contribution in [0.5, 0.6) is 5.75 Å². The van der Waals surface area contributed by atoms with Crippen molar-refractivity contribution in [2.24, 2.45) is 0 Å². The third-order valence-corrected chi connectivity index (χ3v) is 3.69. The summed E-state index contributed by atoms with van der Waals surface area (Å²) in [5.74, 6) is 1.02. The molecule has 122 valence electrons. The van der Waals surface area contributed by atoms with Crippen molar-refractivity contribution in [1.29, 1.82) is 0 Å². The van der Waals surface area contributed by atoms with E-state index in [1.54, 1.807) is 30.5 Å². The van der Waals surface area contributed by atoms with Crippen LogP contribution in [0.4, 0.5) is 0 Å². The summed E-state index contributed by atoms with van der Waals surface area (Å²) in [6, 6.07) is 18.1. The number of hydrogen-bond acceptors (Lipinski definition) is 3. The van der Waals surface area contributed by atoms with Crippen molar-refractivity contribution in [3.8, 4) is 5.75 Å². The zero-order valence-electron chi connectivity index (χ0n) is 12.9. The zero-order chi connectivity index (χ0) is 16.8. The summed E-state index contributed by atoms with van der Waals surface area (Å²) in [6.07, 6.45) is 1.57. The number of ether oxygens (including phenoxy) is 1. The van der Waals surface area contributed by atoms with Gasteiger partial charge in [-0.15, -0.1) is 0 Å². The van der Waals surface area contributed by atoms with Crippen LogP contribution in [-0.4, -0.2) is 5.91 Å². The molecule has 0 aliphatic rings. The van der Waals surface area contributed by atoms with Crippen molar-refractivity contribution < 1.29 is 13.9 Å². The summed E-state index contributed by atoms with van der Waals surface area (Å²) in [5.41, 5.74) is 1.46. The Kier molecular flexibility index (Phi) is 5.18. The predicted octanol–water partition coefficient (Wildman–Crippen LogP) is 4.44. The predicted molar refractivity (Wildman–Crippen MR) is 92.1 cm³/mol. The fourth-order valence-corrected chi connectivity index (χ4v) is 2.32. The van der Waals surface area contributed by atoms with E-state index in [1.165, 1.54) is 0 Å². The van der Waals surface area contributed by atoms with Crippen LogP contribution in [0, 0.1) is 0 Å². The first kappa shape index (κ1) is 16.1. The number of halogens is 1. The van der Waals surface area contributed by atoms with Crippen LogP contribution < -0.4 is 10.1 Å². The van der Waals surface area contributed by atoms with Crippen LogP contribution in [0.25, 0.3) is 0 Å². The molecule has 4 nitrogen and oxygen atoms in total. The minimum atomic E-state index is -0.210. The molecule has 0 unspecified atom stereocenters. The van der Waals surface area contributed by atoms with Gasteiger partial charge >= 0.3 is 0 Å². The Labute approximate surface area is 145 Å².